The van der Waals surface area contributed by atoms with Gasteiger partial charge in [0.15, 0.2) is 11.6 Å². The van der Waals surface area contributed by atoms with Crippen molar-refractivity contribution in [3.05, 3.63) is 52.8 Å². The van der Waals surface area contributed by atoms with Gasteiger partial charge in [0.2, 0.25) is 0 Å². The molecule has 0 bridgehead atoms. The van der Waals surface area contributed by atoms with Crippen LogP contribution < -0.4 is 4.74 Å². The number of carbonyl (C=O) groups excluding carboxylic acids is 2. The van der Waals surface area contributed by atoms with Crippen LogP contribution in [0.4, 0.5) is 0 Å². The molecule has 2 N–H and O–H groups in total. The van der Waals surface area contributed by atoms with E-state index < -0.39 is 0 Å². The molecule has 2 heterocycles. The van der Waals surface area contributed by atoms with E-state index in [0.29, 0.717) is 22.5 Å². The Labute approximate surface area is 148 Å². The number of hydrogen-bond donors (Lipinski definition) is 2. The third-order valence-corrected chi connectivity index (χ3v) is 4.67. The third-order valence-electron chi connectivity index (χ3n) is 4.67. The fourth-order valence-corrected chi connectivity index (χ4v) is 3.47. The van der Waals surface area contributed by atoms with Crippen LogP contribution >= 0.6 is 0 Å². The maximum atomic E-state index is 11.9. The number of phenolic OH excluding ortho intramolecular Hbond substituents is 2. The van der Waals surface area contributed by atoms with Gasteiger partial charge in [-0.3, -0.25) is 9.59 Å². The van der Waals surface area contributed by atoms with Gasteiger partial charge in [-0.15, -0.1) is 0 Å². The predicted octanol–water partition coefficient (Wildman–Crippen LogP) is 3.77. The van der Waals surface area contributed by atoms with Gasteiger partial charge in [-0.1, -0.05) is 6.07 Å². The van der Waals surface area contributed by atoms with E-state index in [4.69, 9.17) is 9.15 Å². The van der Waals surface area contributed by atoms with Gasteiger partial charge >= 0.3 is 0 Å². The van der Waals surface area contributed by atoms with Crippen LogP contribution in [0.1, 0.15) is 51.8 Å². The average molecular weight is 352 g/mol. The van der Waals surface area contributed by atoms with Crippen LogP contribution in [0.25, 0.3) is 11.0 Å². The molecule has 0 spiro atoms. The van der Waals surface area contributed by atoms with Gasteiger partial charge in [-0.2, -0.15) is 0 Å². The molecule has 2 aromatic carbocycles. The topological polar surface area (TPSA) is 97.0 Å². The number of benzene rings is 2. The van der Waals surface area contributed by atoms with E-state index in [2.05, 4.69) is 0 Å². The van der Waals surface area contributed by atoms with E-state index in [-0.39, 0.29) is 46.7 Å². The van der Waals surface area contributed by atoms with Crippen LogP contribution in [-0.2, 0) is 0 Å². The Hall–Kier alpha value is -3.28. The number of aromatic hydroxyl groups is 2. The number of phenols is 2. The summed E-state index contributed by atoms with van der Waals surface area (Å²) >= 11 is 0. The number of rotatable bonds is 3. The summed E-state index contributed by atoms with van der Waals surface area (Å²) in [5.74, 6) is -0.181. The molecule has 0 fully saturated rings. The summed E-state index contributed by atoms with van der Waals surface area (Å²) in [6, 6.07) is 8.10. The summed E-state index contributed by atoms with van der Waals surface area (Å²) in [4.78, 5) is 23.7. The third kappa shape index (κ3) is 2.26. The highest BCUT2D eigenvalue weighted by molar-refractivity contribution is 6.07. The van der Waals surface area contributed by atoms with Gasteiger partial charge in [0.25, 0.3) is 0 Å². The maximum absolute atomic E-state index is 11.9. The van der Waals surface area contributed by atoms with Crippen molar-refractivity contribution in [2.24, 2.45) is 0 Å². The molecule has 1 aliphatic heterocycles. The second-order valence-corrected chi connectivity index (χ2v) is 6.38. The molecule has 1 unspecified atom stereocenters. The normalized spacial score (nSPS) is 15.7. The van der Waals surface area contributed by atoms with E-state index in [0.717, 1.165) is 5.56 Å². The van der Waals surface area contributed by atoms with Crippen molar-refractivity contribution in [2.45, 2.75) is 19.8 Å². The van der Waals surface area contributed by atoms with E-state index in [1.54, 1.807) is 18.2 Å². The first kappa shape index (κ1) is 16.2. The van der Waals surface area contributed by atoms with Gasteiger partial charge in [-0.05, 0) is 38.1 Å². The van der Waals surface area contributed by atoms with Crippen molar-refractivity contribution in [3.8, 4) is 17.2 Å². The lowest BCUT2D eigenvalue weighted by Crippen LogP contribution is -2.00. The molecule has 0 saturated carbocycles. The fourth-order valence-electron chi connectivity index (χ4n) is 3.47. The Kier molecular flexibility index (Phi) is 3.50. The second-order valence-electron chi connectivity index (χ2n) is 6.38. The van der Waals surface area contributed by atoms with E-state index >= 15 is 0 Å². The number of hydrogen-bond acceptors (Lipinski definition) is 6. The first-order chi connectivity index (χ1) is 12.4. The number of Topliss-reactive ketones (excluding diaryl/α,β-unsaturated/α-hetero) is 2. The highest BCUT2D eigenvalue weighted by atomic mass is 16.5. The van der Waals surface area contributed by atoms with E-state index in [9.17, 15) is 19.8 Å². The summed E-state index contributed by atoms with van der Waals surface area (Å²) < 4.78 is 11.6. The van der Waals surface area contributed by atoms with Crippen molar-refractivity contribution in [2.75, 3.05) is 6.61 Å². The summed E-state index contributed by atoms with van der Waals surface area (Å²) in [7, 11) is 0. The van der Waals surface area contributed by atoms with Crippen LogP contribution in [0.3, 0.4) is 0 Å². The van der Waals surface area contributed by atoms with Crippen molar-refractivity contribution >= 4 is 22.5 Å². The maximum Gasteiger partial charge on any atom is 0.167 e. The minimum Gasteiger partial charge on any atom is -0.507 e. The lowest BCUT2D eigenvalue weighted by Gasteiger charge is -2.08. The molecule has 0 aliphatic carbocycles. The highest BCUT2D eigenvalue weighted by Gasteiger charge is 2.33. The summed E-state index contributed by atoms with van der Waals surface area (Å²) in [5.41, 5.74) is 1.36. The SMILES string of the molecule is CC(=O)c1c(O)ccc2c1OCC2c1cc2ccc(O)c(C(C)=O)c2o1. The molecule has 1 aromatic heterocycles. The number of carbonyl (C=O) groups is 2. The van der Waals surface area contributed by atoms with Crippen LogP contribution in [0.15, 0.2) is 34.7 Å². The number of ketones is 2. The molecule has 0 amide bonds. The van der Waals surface area contributed by atoms with Crippen LogP contribution in [0.5, 0.6) is 17.2 Å². The molecule has 4 rings (SSSR count). The zero-order valence-corrected chi connectivity index (χ0v) is 14.2. The summed E-state index contributed by atoms with van der Waals surface area (Å²) in [6.07, 6.45) is 0. The zero-order chi connectivity index (χ0) is 18.6. The average Bonchev–Trinajstić information content (AvgIpc) is 3.16. The van der Waals surface area contributed by atoms with Crippen LogP contribution in [0, 0.1) is 0 Å². The Balaban J connectivity index is 1.87. The zero-order valence-electron chi connectivity index (χ0n) is 14.2. The molecule has 6 nitrogen and oxygen atoms in total. The molecule has 0 radical (unpaired) electrons. The number of ether oxygens (including phenoxy) is 1. The van der Waals surface area contributed by atoms with Crippen LogP contribution in [0.2, 0.25) is 0 Å². The fraction of sp³-hybridized carbons (Fsp3) is 0.200. The molecule has 1 aliphatic rings. The standard InChI is InChI=1S/C20H16O6/c1-9(21)17-14(23)5-3-11-7-16(26-19(11)17)13-8-25-20-12(13)4-6-15(24)18(20)10(2)22/h3-7,13,23-24H,8H2,1-2H3. The second kappa shape index (κ2) is 5.62. The Morgan fingerprint density at radius 1 is 1.00 bits per heavy atom. The van der Waals surface area contributed by atoms with Crippen molar-refractivity contribution in [3.63, 3.8) is 0 Å². The van der Waals surface area contributed by atoms with E-state index in [1.165, 1.54) is 26.0 Å². The number of fused-ring (bicyclic) bond motifs is 2. The van der Waals surface area contributed by atoms with Crippen molar-refractivity contribution in [1.82, 2.24) is 0 Å². The van der Waals surface area contributed by atoms with Gasteiger partial charge in [0.1, 0.15) is 46.3 Å². The van der Waals surface area contributed by atoms with Gasteiger partial charge < -0.3 is 19.4 Å². The molecule has 1 atom stereocenters. The molecule has 132 valence electrons. The molecule has 3 aromatic rings. The van der Waals surface area contributed by atoms with Gasteiger partial charge in [-0.25, -0.2) is 0 Å². The van der Waals surface area contributed by atoms with Crippen LogP contribution in [-0.4, -0.2) is 28.4 Å². The first-order valence-corrected chi connectivity index (χ1v) is 8.14. The molecular formula is C20H16O6. The van der Waals surface area contributed by atoms with Crippen molar-refractivity contribution in [1.29, 1.82) is 0 Å². The van der Waals surface area contributed by atoms with Gasteiger partial charge in [0.05, 0.1) is 5.92 Å². The molecule has 26 heavy (non-hydrogen) atoms. The lowest BCUT2D eigenvalue weighted by atomic mass is 9.95. The monoisotopic (exact) mass is 352 g/mol. The Bertz CT molecular complexity index is 1080. The first-order valence-electron chi connectivity index (χ1n) is 8.14. The predicted molar refractivity (Wildman–Crippen MR) is 93.3 cm³/mol. The van der Waals surface area contributed by atoms with Gasteiger partial charge in [0, 0.05) is 10.9 Å². The molecular weight excluding hydrogens is 336 g/mol. The molecule has 0 saturated heterocycles. The van der Waals surface area contributed by atoms with E-state index in [1.807, 2.05) is 0 Å². The van der Waals surface area contributed by atoms with Crippen molar-refractivity contribution < 1.29 is 29.0 Å². The number of furan rings is 1. The summed E-state index contributed by atoms with van der Waals surface area (Å²) in [6.45, 7) is 2.99. The minimum atomic E-state index is -0.291. The molecule has 6 heteroatoms. The lowest BCUT2D eigenvalue weighted by molar-refractivity contribution is 0.100. The Morgan fingerprint density at radius 3 is 2.35 bits per heavy atom. The minimum absolute atomic E-state index is 0.120. The smallest absolute Gasteiger partial charge is 0.167 e. The highest BCUT2D eigenvalue weighted by Crippen LogP contribution is 2.45. The Morgan fingerprint density at radius 2 is 1.65 bits per heavy atom. The summed E-state index contributed by atoms with van der Waals surface area (Å²) in [5, 5.41) is 20.6. The quantitative estimate of drug-likeness (QED) is 0.697. The largest absolute Gasteiger partial charge is 0.507 e.